The van der Waals surface area contributed by atoms with Gasteiger partial charge in [0.05, 0.1) is 16.6 Å². The number of aliphatic hydroxyl groups is 1. The highest BCUT2D eigenvalue weighted by Gasteiger charge is 2.29. The predicted octanol–water partition coefficient (Wildman–Crippen LogP) is 4.40. The van der Waals surface area contributed by atoms with E-state index in [0.29, 0.717) is 4.90 Å². The van der Waals surface area contributed by atoms with E-state index < -0.39 is 16.4 Å². The minimum absolute atomic E-state index is 0.102. The minimum atomic E-state index is -1.31. The first kappa shape index (κ1) is 17.3. The van der Waals surface area contributed by atoms with Crippen LogP contribution in [0.15, 0.2) is 102 Å². The van der Waals surface area contributed by atoms with Gasteiger partial charge < -0.3 is 5.11 Å². The summed E-state index contributed by atoms with van der Waals surface area (Å²) in [5.74, 6) is 0.102. The van der Waals surface area contributed by atoms with Crippen LogP contribution in [-0.4, -0.2) is 15.1 Å². The van der Waals surface area contributed by atoms with Crippen LogP contribution in [0.2, 0.25) is 0 Å². The molecule has 0 aliphatic heterocycles. The second-order valence-electron chi connectivity index (χ2n) is 5.84. The summed E-state index contributed by atoms with van der Waals surface area (Å²) in [6.07, 6.45) is 3.60. The van der Waals surface area contributed by atoms with Gasteiger partial charge in [0, 0.05) is 4.90 Å². The summed E-state index contributed by atoms with van der Waals surface area (Å²) in [4.78, 5) is 0.713. The van der Waals surface area contributed by atoms with Crippen LogP contribution in [0.3, 0.4) is 0 Å². The highest BCUT2D eigenvalue weighted by atomic mass is 32.2. The smallest absolute Gasteiger partial charge is 0.120 e. The van der Waals surface area contributed by atoms with Gasteiger partial charge >= 0.3 is 0 Å². The third kappa shape index (κ3) is 4.53. The molecule has 3 aromatic rings. The fourth-order valence-corrected chi connectivity index (χ4v) is 3.90. The molecule has 0 aliphatic rings. The van der Waals surface area contributed by atoms with E-state index in [9.17, 15) is 9.32 Å². The Hall–Kier alpha value is -2.49. The normalized spacial score (nSPS) is 14.9. The highest BCUT2D eigenvalue weighted by molar-refractivity contribution is 7.85. The molecule has 0 saturated heterocycles. The maximum Gasteiger partial charge on any atom is 0.120 e. The summed E-state index contributed by atoms with van der Waals surface area (Å²) < 4.78 is 12.8. The van der Waals surface area contributed by atoms with Gasteiger partial charge in [-0.3, -0.25) is 4.21 Å². The Kier molecular flexibility index (Phi) is 5.59. The van der Waals surface area contributed by atoms with Gasteiger partial charge in [-0.1, -0.05) is 84.9 Å². The molecule has 2 atom stereocenters. The molecule has 1 N–H and O–H groups in total. The van der Waals surface area contributed by atoms with E-state index in [1.165, 1.54) is 0 Å². The van der Waals surface area contributed by atoms with Crippen LogP contribution in [-0.2, 0) is 16.4 Å². The van der Waals surface area contributed by atoms with Crippen molar-refractivity contribution in [3.8, 4) is 0 Å². The Labute approximate surface area is 150 Å². The molecule has 3 rings (SSSR count). The Bertz CT molecular complexity index is 845. The van der Waals surface area contributed by atoms with E-state index in [1.807, 2.05) is 97.1 Å². The number of hydrogen-bond acceptors (Lipinski definition) is 2. The maximum atomic E-state index is 12.8. The molecule has 3 aromatic carbocycles. The Balaban J connectivity index is 1.92. The van der Waals surface area contributed by atoms with Gasteiger partial charge in [0.2, 0.25) is 0 Å². The van der Waals surface area contributed by atoms with Crippen molar-refractivity contribution in [1.82, 2.24) is 0 Å². The fourth-order valence-electron chi connectivity index (χ4n) is 2.61. The van der Waals surface area contributed by atoms with Crippen LogP contribution in [0.25, 0.3) is 6.08 Å². The molecule has 0 heterocycles. The van der Waals surface area contributed by atoms with E-state index in [0.717, 1.165) is 11.1 Å². The van der Waals surface area contributed by atoms with Crippen molar-refractivity contribution in [3.05, 3.63) is 108 Å². The van der Waals surface area contributed by atoms with Crippen LogP contribution in [0.5, 0.6) is 0 Å². The molecule has 2 unspecified atom stereocenters. The molecular formula is C22H20O2S. The molecule has 0 fully saturated rings. The van der Waals surface area contributed by atoms with Gasteiger partial charge in [-0.15, -0.1) is 0 Å². The summed E-state index contributed by atoms with van der Waals surface area (Å²) in [5, 5.41) is 11.3. The molecule has 0 radical (unpaired) electrons. The lowest BCUT2D eigenvalue weighted by atomic mass is 9.94. The zero-order valence-corrected chi connectivity index (χ0v) is 14.6. The van der Waals surface area contributed by atoms with Crippen molar-refractivity contribution in [1.29, 1.82) is 0 Å². The summed E-state index contributed by atoms with van der Waals surface area (Å²) >= 11 is 0. The summed E-state index contributed by atoms with van der Waals surface area (Å²) in [6.45, 7) is 0. The fraction of sp³-hybridized carbons (Fsp3) is 0.0909. The first-order valence-electron chi connectivity index (χ1n) is 8.13. The van der Waals surface area contributed by atoms with Gasteiger partial charge in [0.1, 0.15) is 5.60 Å². The third-order valence-corrected chi connectivity index (χ3v) is 5.48. The molecule has 126 valence electrons. The topological polar surface area (TPSA) is 37.3 Å². The number of rotatable bonds is 6. The molecule has 0 aromatic heterocycles. The second kappa shape index (κ2) is 8.06. The summed E-state index contributed by atoms with van der Waals surface area (Å²) in [5.41, 5.74) is 0.409. The molecule has 0 bridgehead atoms. The second-order valence-corrected chi connectivity index (χ2v) is 7.29. The van der Waals surface area contributed by atoms with Crippen molar-refractivity contribution in [2.45, 2.75) is 10.5 Å². The average molecular weight is 348 g/mol. The van der Waals surface area contributed by atoms with Crippen molar-refractivity contribution < 1.29 is 9.32 Å². The summed E-state index contributed by atoms with van der Waals surface area (Å²) in [7, 11) is -1.31. The van der Waals surface area contributed by atoms with E-state index in [4.69, 9.17) is 0 Å². The van der Waals surface area contributed by atoms with Crippen LogP contribution >= 0.6 is 0 Å². The van der Waals surface area contributed by atoms with Crippen LogP contribution in [0.4, 0.5) is 0 Å². The quantitative estimate of drug-likeness (QED) is 0.717. The zero-order valence-electron chi connectivity index (χ0n) is 13.8. The lowest BCUT2D eigenvalue weighted by Gasteiger charge is -2.25. The van der Waals surface area contributed by atoms with E-state index in [1.54, 1.807) is 6.08 Å². The lowest BCUT2D eigenvalue weighted by Crippen LogP contribution is -2.30. The maximum absolute atomic E-state index is 12.8. The van der Waals surface area contributed by atoms with Crippen molar-refractivity contribution >= 4 is 16.9 Å². The van der Waals surface area contributed by atoms with Gasteiger partial charge in [0.15, 0.2) is 0 Å². The monoisotopic (exact) mass is 348 g/mol. The van der Waals surface area contributed by atoms with Crippen molar-refractivity contribution in [2.24, 2.45) is 0 Å². The number of hydrogen-bond donors (Lipinski definition) is 1. The largest absolute Gasteiger partial charge is 0.380 e. The van der Waals surface area contributed by atoms with Crippen LogP contribution in [0.1, 0.15) is 11.1 Å². The Morgan fingerprint density at radius 2 is 1.32 bits per heavy atom. The molecule has 0 spiro atoms. The van der Waals surface area contributed by atoms with Crippen LogP contribution < -0.4 is 0 Å². The molecule has 0 aliphatic carbocycles. The average Bonchev–Trinajstić information content (AvgIpc) is 2.68. The zero-order chi connectivity index (χ0) is 17.5. The van der Waals surface area contributed by atoms with Gasteiger partial charge in [-0.25, -0.2) is 0 Å². The first-order chi connectivity index (χ1) is 12.2. The highest BCUT2D eigenvalue weighted by Crippen LogP contribution is 2.27. The van der Waals surface area contributed by atoms with Gasteiger partial charge in [-0.05, 0) is 29.3 Å². The van der Waals surface area contributed by atoms with Crippen molar-refractivity contribution in [3.63, 3.8) is 0 Å². The molecule has 0 amide bonds. The molecule has 0 saturated carbocycles. The van der Waals surface area contributed by atoms with Crippen molar-refractivity contribution in [2.75, 3.05) is 5.75 Å². The molecule has 2 nitrogen and oxygen atoms in total. The van der Waals surface area contributed by atoms with E-state index >= 15 is 0 Å². The van der Waals surface area contributed by atoms with E-state index in [2.05, 4.69) is 0 Å². The first-order valence-corrected chi connectivity index (χ1v) is 9.45. The lowest BCUT2D eigenvalue weighted by molar-refractivity contribution is 0.116. The summed E-state index contributed by atoms with van der Waals surface area (Å²) in [6, 6.07) is 28.4. The molecular weight excluding hydrogens is 328 g/mol. The third-order valence-electron chi connectivity index (χ3n) is 3.98. The Morgan fingerprint density at radius 3 is 1.92 bits per heavy atom. The predicted molar refractivity (Wildman–Crippen MR) is 104 cm³/mol. The molecule has 25 heavy (non-hydrogen) atoms. The van der Waals surface area contributed by atoms with Gasteiger partial charge in [-0.2, -0.15) is 0 Å². The number of benzene rings is 3. The minimum Gasteiger partial charge on any atom is -0.380 e. The SMILES string of the molecule is O=S(CC(O)(C=Cc1ccccc1)c1ccccc1)c1ccccc1. The molecule has 3 heteroatoms. The standard InChI is InChI=1S/C22H20O2S/c23-22(20-12-6-2-7-13-20,17-16-19-10-4-1-5-11-19)18-25(24)21-14-8-3-9-15-21/h1-17,23H,18H2. The van der Waals surface area contributed by atoms with E-state index in [-0.39, 0.29) is 5.75 Å². The van der Waals surface area contributed by atoms with Crippen LogP contribution in [0, 0.1) is 0 Å². The Morgan fingerprint density at radius 1 is 0.800 bits per heavy atom. The van der Waals surface area contributed by atoms with Gasteiger partial charge in [0.25, 0.3) is 0 Å².